The standard InChI is InChI=1S/C17H17F2N/c1-12-3-2-4-14(7-12)17(10-20-11-17)9-13-5-6-15(18)8-16(13)19/h2-8,20H,9-11H2,1H3. The molecule has 3 rings (SSSR count). The fourth-order valence-corrected chi connectivity index (χ4v) is 2.86. The fraction of sp³-hybridized carbons (Fsp3) is 0.294. The van der Waals surface area contributed by atoms with Crippen LogP contribution in [0.4, 0.5) is 8.78 Å². The third-order valence-electron chi connectivity index (χ3n) is 4.10. The Balaban J connectivity index is 1.94. The van der Waals surface area contributed by atoms with E-state index >= 15 is 0 Å². The van der Waals surface area contributed by atoms with Crippen molar-refractivity contribution >= 4 is 0 Å². The van der Waals surface area contributed by atoms with E-state index in [1.807, 2.05) is 6.07 Å². The second-order valence-electron chi connectivity index (χ2n) is 5.67. The summed E-state index contributed by atoms with van der Waals surface area (Å²) in [6.07, 6.45) is 0.593. The third kappa shape index (κ3) is 2.34. The number of hydrogen-bond acceptors (Lipinski definition) is 1. The third-order valence-corrected chi connectivity index (χ3v) is 4.10. The number of halogens is 2. The van der Waals surface area contributed by atoms with Gasteiger partial charge in [0.15, 0.2) is 0 Å². The lowest BCUT2D eigenvalue weighted by Crippen LogP contribution is -2.58. The average molecular weight is 273 g/mol. The first-order valence-electron chi connectivity index (χ1n) is 6.81. The van der Waals surface area contributed by atoms with Crippen molar-refractivity contribution in [3.8, 4) is 0 Å². The molecule has 2 aromatic carbocycles. The van der Waals surface area contributed by atoms with Gasteiger partial charge in [0.05, 0.1) is 0 Å². The zero-order valence-corrected chi connectivity index (χ0v) is 11.4. The minimum absolute atomic E-state index is 0.0787. The van der Waals surface area contributed by atoms with Gasteiger partial charge in [-0.2, -0.15) is 0 Å². The SMILES string of the molecule is Cc1cccc(C2(Cc3ccc(F)cc3F)CNC2)c1. The Morgan fingerprint density at radius 3 is 2.50 bits per heavy atom. The van der Waals surface area contributed by atoms with E-state index in [4.69, 9.17) is 0 Å². The zero-order chi connectivity index (χ0) is 14.2. The van der Waals surface area contributed by atoms with Gasteiger partial charge in [0.2, 0.25) is 0 Å². The summed E-state index contributed by atoms with van der Waals surface area (Å²) in [7, 11) is 0. The van der Waals surface area contributed by atoms with Crippen molar-refractivity contribution in [2.45, 2.75) is 18.8 Å². The van der Waals surface area contributed by atoms with Crippen molar-refractivity contribution in [1.82, 2.24) is 5.32 Å². The first-order chi connectivity index (χ1) is 9.59. The van der Waals surface area contributed by atoms with Crippen molar-refractivity contribution in [3.05, 3.63) is 70.8 Å². The molecular weight excluding hydrogens is 256 g/mol. The van der Waals surface area contributed by atoms with Crippen LogP contribution in [0.5, 0.6) is 0 Å². The average Bonchev–Trinajstić information content (AvgIpc) is 2.36. The molecule has 0 saturated carbocycles. The Labute approximate surface area is 117 Å². The topological polar surface area (TPSA) is 12.0 Å². The van der Waals surface area contributed by atoms with Gasteiger partial charge in [-0.3, -0.25) is 0 Å². The molecule has 104 valence electrons. The van der Waals surface area contributed by atoms with Crippen molar-refractivity contribution < 1.29 is 8.78 Å². The highest BCUT2D eigenvalue weighted by Crippen LogP contribution is 2.33. The van der Waals surface area contributed by atoms with Crippen LogP contribution in [0.1, 0.15) is 16.7 Å². The predicted octanol–water partition coefficient (Wildman–Crippen LogP) is 3.36. The molecule has 1 fully saturated rings. The number of benzene rings is 2. The smallest absolute Gasteiger partial charge is 0.129 e. The molecule has 0 unspecified atom stereocenters. The Bertz CT molecular complexity index is 633. The molecule has 1 aliphatic heterocycles. The molecule has 20 heavy (non-hydrogen) atoms. The molecule has 0 spiro atoms. The van der Waals surface area contributed by atoms with E-state index in [1.165, 1.54) is 17.2 Å². The molecule has 0 amide bonds. The van der Waals surface area contributed by atoms with Gasteiger partial charge >= 0.3 is 0 Å². The monoisotopic (exact) mass is 273 g/mol. The lowest BCUT2D eigenvalue weighted by atomic mass is 9.70. The van der Waals surface area contributed by atoms with Crippen LogP contribution < -0.4 is 5.32 Å². The van der Waals surface area contributed by atoms with E-state index in [0.29, 0.717) is 12.0 Å². The maximum atomic E-state index is 13.9. The second kappa shape index (κ2) is 4.98. The summed E-state index contributed by atoms with van der Waals surface area (Å²) >= 11 is 0. The number of aryl methyl sites for hydroxylation is 1. The van der Waals surface area contributed by atoms with E-state index in [9.17, 15) is 8.78 Å². The van der Waals surface area contributed by atoms with Gasteiger partial charge in [0, 0.05) is 24.6 Å². The minimum atomic E-state index is -0.525. The van der Waals surface area contributed by atoms with Crippen LogP contribution in [0.25, 0.3) is 0 Å². The Morgan fingerprint density at radius 1 is 1.10 bits per heavy atom. The Morgan fingerprint density at radius 2 is 1.90 bits per heavy atom. The van der Waals surface area contributed by atoms with Gasteiger partial charge in [-0.25, -0.2) is 8.78 Å². The van der Waals surface area contributed by atoms with Crippen LogP contribution in [0.15, 0.2) is 42.5 Å². The van der Waals surface area contributed by atoms with Crippen molar-refractivity contribution in [2.75, 3.05) is 13.1 Å². The predicted molar refractivity (Wildman–Crippen MR) is 75.8 cm³/mol. The van der Waals surface area contributed by atoms with Crippen molar-refractivity contribution in [3.63, 3.8) is 0 Å². The molecule has 0 aromatic heterocycles. The summed E-state index contributed by atoms with van der Waals surface area (Å²) in [4.78, 5) is 0. The molecule has 1 heterocycles. The van der Waals surface area contributed by atoms with E-state index in [-0.39, 0.29) is 5.41 Å². The van der Waals surface area contributed by atoms with Gasteiger partial charge in [-0.15, -0.1) is 0 Å². The van der Waals surface area contributed by atoms with E-state index in [1.54, 1.807) is 6.07 Å². The van der Waals surface area contributed by atoms with Crippen LogP contribution in [0, 0.1) is 18.6 Å². The zero-order valence-electron chi connectivity index (χ0n) is 11.4. The van der Waals surface area contributed by atoms with Crippen LogP contribution in [-0.2, 0) is 11.8 Å². The molecule has 0 aliphatic carbocycles. The van der Waals surface area contributed by atoms with Crippen LogP contribution in [0.2, 0.25) is 0 Å². The number of nitrogens with one attached hydrogen (secondary N) is 1. The summed E-state index contributed by atoms with van der Waals surface area (Å²) in [5.41, 5.74) is 2.92. The molecule has 0 radical (unpaired) electrons. The van der Waals surface area contributed by atoms with Gasteiger partial charge in [-0.1, -0.05) is 35.9 Å². The summed E-state index contributed by atoms with van der Waals surface area (Å²) < 4.78 is 26.9. The molecule has 1 aliphatic rings. The van der Waals surface area contributed by atoms with Crippen LogP contribution >= 0.6 is 0 Å². The van der Waals surface area contributed by atoms with E-state index in [2.05, 4.69) is 30.4 Å². The Kier molecular flexibility index (Phi) is 3.30. The maximum Gasteiger partial charge on any atom is 0.129 e. The minimum Gasteiger partial charge on any atom is -0.315 e. The molecule has 0 bridgehead atoms. The van der Waals surface area contributed by atoms with Gasteiger partial charge in [0.1, 0.15) is 11.6 Å². The molecule has 0 atom stereocenters. The van der Waals surface area contributed by atoms with Crippen LogP contribution in [0.3, 0.4) is 0 Å². The van der Waals surface area contributed by atoms with Crippen LogP contribution in [-0.4, -0.2) is 13.1 Å². The van der Waals surface area contributed by atoms with E-state index in [0.717, 1.165) is 19.2 Å². The van der Waals surface area contributed by atoms with Gasteiger partial charge < -0.3 is 5.32 Å². The maximum absolute atomic E-state index is 13.9. The van der Waals surface area contributed by atoms with Crippen molar-refractivity contribution in [2.24, 2.45) is 0 Å². The highest BCUT2D eigenvalue weighted by Gasteiger charge is 2.39. The highest BCUT2D eigenvalue weighted by molar-refractivity contribution is 5.36. The highest BCUT2D eigenvalue weighted by atomic mass is 19.1. The summed E-state index contributed by atoms with van der Waals surface area (Å²) in [5.74, 6) is -0.980. The summed E-state index contributed by atoms with van der Waals surface area (Å²) in [6, 6.07) is 12.2. The first-order valence-corrected chi connectivity index (χ1v) is 6.81. The normalized spacial score (nSPS) is 16.8. The summed E-state index contributed by atoms with van der Waals surface area (Å²) in [5, 5.41) is 3.27. The lowest BCUT2D eigenvalue weighted by molar-refractivity contribution is 0.272. The molecule has 1 nitrogen and oxygen atoms in total. The van der Waals surface area contributed by atoms with Gasteiger partial charge in [-0.05, 0) is 30.5 Å². The first kappa shape index (κ1) is 13.3. The number of rotatable bonds is 3. The molecule has 1 N–H and O–H groups in total. The lowest BCUT2D eigenvalue weighted by Gasteiger charge is -2.43. The molecule has 1 saturated heterocycles. The summed E-state index contributed by atoms with van der Waals surface area (Å²) in [6.45, 7) is 3.71. The number of hydrogen-bond donors (Lipinski definition) is 1. The molecular formula is C17H17F2N. The largest absolute Gasteiger partial charge is 0.315 e. The molecule has 2 aromatic rings. The second-order valence-corrected chi connectivity index (χ2v) is 5.67. The van der Waals surface area contributed by atoms with E-state index < -0.39 is 11.6 Å². The quantitative estimate of drug-likeness (QED) is 0.904. The Hall–Kier alpha value is -1.74. The van der Waals surface area contributed by atoms with Crippen molar-refractivity contribution in [1.29, 1.82) is 0 Å². The van der Waals surface area contributed by atoms with Gasteiger partial charge in [0.25, 0.3) is 0 Å². The molecule has 3 heteroatoms. The fourth-order valence-electron chi connectivity index (χ4n) is 2.86.